The summed E-state index contributed by atoms with van der Waals surface area (Å²) in [6, 6.07) is 0.662. The molecule has 1 aliphatic heterocycles. The van der Waals surface area contributed by atoms with Crippen molar-refractivity contribution < 1.29 is 0 Å². The predicted molar refractivity (Wildman–Crippen MR) is 88.8 cm³/mol. The number of hydrogen-bond donors (Lipinski definition) is 1. The van der Waals surface area contributed by atoms with Gasteiger partial charge in [-0.1, -0.05) is 24.9 Å². The summed E-state index contributed by atoms with van der Waals surface area (Å²) in [5.41, 5.74) is 1.18. The topological polar surface area (TPSA) is 29.9 Å². The maximum absolute atomic E-state index is 6.45. The third kappa shape index (κ3) is 3.71. The van der Waals surface area contributed by atoms with Crippen LogP contribution in [0.5, 0.6) is 0 Å². The highest BCUT2D eigenvalue weighted by Crippen LogP contribution is 2.37. The molecule has 0 amide bonds. The molecule has 1 N–H and O–H groups in total. The molecule has 1 fully saturated rings. The maximum atomic E-state index is 6.45. The summed E-state index contributed by atoms with van der Waals surface area (Å²) in [6.07, 6.45) is 6.88. The van der Waals surface area contributed by atoms with Gasteiger partial charge in [0.2, 0.25) is 0 Å². The highest BCUT2D eigenvalue weighted by Gasteiger charge is 2.30. The number of thioether (sulfide) groups is 1. The highest BCUT2D eigenvalue weighted by molar-refractivity contribution is 8.00. The van der Waals surface area contributed by atoms with Crippen LogP contribution in [-0.4, -0.2) is 27.3 Å². The molecule has 1 aromatic heterocycles. The third-order valence-electron chi connectivity index (χ3n) is 3.77. The van der Waals surface area contributed by atoms with E-state index in [9.17, 15) is 0 Å². The minimum atomic E-state index is 0.317. The lowest BCUT2D eigenvalue weighted by atomic mass is 10.0. The van der Waals surface area contributed by atoms with E-state index in [4.69, 9.17) is 11.6 Å². The lowest BCUT2D eigenvalue weighted by Gasteiger charge is -2.32. The van der Waals surface area contributed by atoms with Crippen molar-refractivity contribution in [3.63, 3.8) is 0 Å². The van der Waals surface area contributed by atoms with Crippen molar-refractivity contribution in [2.24, 2.45) is 0 Å². The standard InChI is InChI=1S/C15H26ClN3S/c1-4-8-17-14(13-7-5-6-9-20-13)15-12(16)10-18-19(15)11(2)3/h10-11,13-14,17H,4-9H2,1-3H3. The molecule has 2 atom stereocenters. The van der Waals surface area contributed by atoms with E-state index in [2.05, 4.69) is 47.6 Å². The molecule has 5 heteroatoms. The van der Waals surface area contributed by atoms with Gasteiger partial charge in [-0.2, -0.15) is 16.9 Å². The summed E-state index contributed by atoms with van der Waals surface area (Å²) >= 11 is 8.54. The minimum absolute atomic E-state index is 0.317. The first-order valence-electron chi connectivity index (χ1n) is 7.73. The van der Waals surface area contributed by atoms with Gasteiger partial charge < -0.3 is 5.32 Å². The Balaban J connectivity index is 2.27. The molecule has 2 rings (SSSR count). The van der Waals surface area contributed by atoms with Gasteiger partial charge in [0.1, 0.15) is 0 Å². The largest absolute Gasteiger partial charge is 0.308 e. The molecule has 0 aliphatic carbocycles. The second-order valence-electron chi connectivity index (χ2n) is 5.75. The van der Waals surface area contributed by atoms with Crippen molar-refractivity contribution in [1.82, 2.24) is 15.1 Å². The number of nitrogens with zero attached hydrogens (tertiary/aromatic N) is 2. The van der Waals surface area contributed by atoms with Crippen LogP contribution in [0.25, 0.3) is 0 Å². The van der Waals surface area contributed by atoms with Gasteiger partial charge in [0.15, 0.2) is 0 Å². The monoisotopic (exact) mass is 315 g/mol. The van der Waals surface area contributed by atoms with Crippen LogP contribution >= 0.6 is 23.4 Å². The van der Waals surface area contributed by atoms with Crippen LogP contribution in [0.3, 0.4) is 0 Å². The van der Waals surface area contributed by atoms with Crippen LogP contribution in [-0.2, 0) is 0 Å². The Hall–Kier alpha value is -0.190. The van der Waals surface area contributed by atoms with E-state index in [1.807, 2.05) is 0 Å². The highest BCUT2D eigenvalue weighted by atomic mass is 35.5. The third-order valence-corrected chi connectivity index (χ3v) is 5.52. The van der Waals surface area contributed by atoms with E-state index in [1.165, 1.54) is 30.7 Å². The van der Waals surface area contributed by atoms with Crippen molar-refractivity contribution in [2.75, 3.05) is 12.3 Å². The fraction of sp³-hybridized carbons (Fsp3) is 0.800. The molecule has 0 saturated carbocycles. The number of halogens is 1. The van der Waals surface area contributed by atoms with Gasteiger partial charge in [-0.15, -0.1) is 0 Å². The summed E-state index contributed by atoms with van der Waals surface area (Å²) in [4.78, 5) is 0. The molecular weight excluding hydrogens is 290 g/mol. The average molecular weight is 316 g/mol. The van der Waals surface area contributed by atoms with Crippen LogP contribution in [0, 0.1) is 0 Å². The summed E-state index contributed by atoms with van der Waals surface area (Å²) in [5, 5.41) is 9.60. The average Bonchev–Trinajstić information content (AvgIpc) is 2.83. The lowest BCUT2D eigenvalue weighted by molar-refractivity contribution is 0.420. The molecule has 0 aromatic carbocycles. The second-order valence-corrected chi connectivity index (χ2v) is 7.51. The minimum Gasteiger partial charge on any atom is -0.308 e. The zero-order valence-electron chi connectivity index (χ0n) is 12.7. The van der Waals surface area contributed by atoms with Gasteiger partial charge in [0.05, 0.1) is 23.0 Å². The van der Waals surface area contributed by atoms with E-state index in [0.717, 1.165) is 18.0 Å². The molecular formula is C15H26ClN3S. The van der Waals surface area contributed by atoms with Gasteiger partial charge in [0, 0.05) is 11.3 Å². The van der Waals surface area contributed by atoms with Crippen molar-refractivity contribution in [1.29, 1.82) is 0 Å². The zero-order chi connectivity index (χ0) is 14.5. The SMILES string of the molecule is CCCNC(c1c(Cl)cnn1C(C)C)C1CCCCS1. The molecule has 2 heterocycles. The molecule has 2 unspecified atom stereocenters. The smallest absolute Gasteiger partial charge is 0.0834 e. The van der Waals surface area contributed by atoms with Crippen LogP contribution < -0.4 is 5.32 Å². The fourth-order valence-electron chi connectivity index (χ4n) is 2.79. The Kier molecular flexibility index (Phi) is 6.24. The van der Waals surface area contributed by atoms with Crippen molar-refractivity contribution in [2.45, 2.75) is 63.8 Å². The van der Waals surface area contributed by atoms with E-state index in [1.54, 1.807) is 6.20 Å². The van der Waals surface area contributed by atoms with E-state index < -0.39 is 0 Å². The summed E-state index contributed by atoms with van der Waals surface area (Å²) in [6.45, 7) is 7.57. The molecule has 114 valence electrons. The number of aromatic nitrogens is 2. The van der Waals surface area contributed by atoms with Gasteiger partial charge in [-0.05, 0) is 45.4 Å². The Morgan fingerprint density at radius 1 is 1.50 bits per heavy atom. The van der Waals surface area contributed by atoms with Gasteiger partial charge in [-0.3, -0.25) is 4.68 Å². The fourth-order valence-corrected chi connectivity index (χ4v) is 4.46. The van der Waals surface area contributed by atoms with Crippen LogP contribution in [0.4, 0.5) is 0 Å². The first-order chi connectivity index (χ1) is 9.65. The molecule has 0 spiro atoms. The van der Waals surface area contributed by atoms with Gasteiger partial charge >= 0.3 is 0 Å². The van der Waals surface area contributed by atoms with Gasteiger partial charge in [0.25, 0.3) is 0 Å². The first-order valence-corrected chi connectivity index (χ1v) is 9.15. The molecule has 20 heavy (non-hydrogen) atoms. The number of rotatable bonds is 6. The Morgan fingerprint density at radius 2 is 2.30 bits per heavy atom. The summed E-state index contributed by atoms with van der Waals surface area (Å²) in [5.74, 6) is 1.27. The van der Waals surface area contributed by atoms with Gasteiger partial charge in [-0.25, -0.2) is 0 Å². The second kappa shape index (κ2) is 7.71. The normalized spacial score (nSPS) is 21.4. The maximum Gasteiger partial charge on any atom is 0.0834 e. The summed E-state index contributed by atoms with van der Waals surface area (Å²) < 4.78 is 2.09. The molecule has 1 aliphatic rings. The molecule has 0 bridgehead atoms. The van der Waals surface area contributed by atoms with Crippen molar-refractivity contribution in [3.8, 4) is 0 Å². The molecule has 1 saturated heterocycles. The Bertz CT molecular complexity index is 413. The number of nitrogens with one attached hydrogen (secondary N) is 1. The first kappa shape index (κ1) is 16.2. The van der Waals surface area contributed by atoms with Crippen molar-refractivity contribution >= 4 is 23.4 Å². The Labute approximate surface area is 131 Å². The zero-order valence-corrected chi connectivity index (χ0v) is 14.3. The quantitative estimate of drug-likeness (QED) is 0.841. The van der Waals surface area contributed by atoms with Crippen LogP contribution in [0.2, 0.25) is 5.02 Å². The van der Waals surface area contributed by atoms with E-state index in [-0.39, 0.29) is 0 Å². The van der Waals surface area contributed by atoms with Crippen molar-refractivity contribution in [3.05, 3.63) is 16.9 Å². The van der Waals surface area contributed by atoms with Crippen LogP contribution in [0.1, 0.15) is 64.2 Å². The molecule has 3 nitrogen and oxygen atoms in total. The van der Waals surface area contributed by atoms with Crippen LogP contribution in [0.15, 0.2) is 6.20 Å². The van der Waals surface area contributed by atoms with E-state index >= 15 is 0 Å². The number of hydrogen-bond acceptors (Lipinski definition) is 3. The van der Waals surface area contributed by atoms with E-state index in [0.29, 0.717) is 17.3 Å². The predicted octanol–water partition coefficient (Wildman–Crippen LogP) is 4.44. The Morgan fingerprint density at radius 3 is 2.90 bits per heavy atom. The molecule has 0 radical (unpaired) electrons. The summed E-state index contributed by atoms with van der Waals surface area (Å²) in [7, 11) is 0. The lowest BCUT2D eigenvalue weighted by Crippen LogP contribution is -2.34. The molecule has 1 aromatic rings.